The average Bonchev–Trinajstić information content (AvgIpc) is 2.83. The van der Waals surface area contributed by atoms with Gasteiger partial charge >= 0.3 is 0 Å². The van der Waals surface area contributed by atoms with Crippen molar-refractivity contribution in [2.45, 2.75) is 13.3 Å². The summed E-state index contributed by atoms with van der Waals surface area (Å²) in [4.78, 5) is 15.3. The third-order valence-electron chi connectivity index (χ3n) is 5.38. The molecular weight excluding hydrogens is 416 g/mol. The van der Waals surface area contributed by atoms with Gasteiger partial charge in [-0.1, -0.05) is 12.1 Å². The summed E-state index contributed by atoms with van der Waals surface area (Å²) in [6.45, 7) is 7.60. The van der Waals surface area contributed by atoms with Gasteiger partial charge in [0, 0.05) is 48.5 Å². The van der Waals surface area contributed by atoms with E-state index < -0.39 is 0 Å². The molecule has 2 heterocycles. The summed E-state index contributed by atoms with van der Waals surface area (Å²) in [6, 6.07) is 13.9. The first kappa shape index (κ1) is 22.6. The van der Waals surface area contributed by atoms with E-state index in [1.807, 2.05) is 49.4 Å². The van der Waals surface area contributed by atoms with Crippen molar-refractivity contribution in [3.05, 3.63) is 59.9 Å². The Kier molecular flexibility index (Phi) is 7.78. The number of aromatic nitrogens is 3. The van der Waals surface area contributed by atoms with Gasteiger partial charge in [-0.15, -0.1) is 0 Å². The van der Waals surface area contributed by atoms with Crippen LogP contribution in [0.25, 0.3) is 0 Å². The van der Waals surface area contributed by atoms with E-state index in [9.17, 15) is 0 Å². The second kappa shape index (κ2) is 11.3. The van der Waals surface area contributed by atoms with Gasteiger partial charge in [-0.2, -0.15) is 4.98 Å². The fourth-order valence-corrected chi connectivity index (χ4v) is 3.67. The molecule has 33 heavy (non-hydrogen) atoms. The molecule has 0 aliphatic carbocycles. The van der Waals surface area contributed by atoms with Crippen LogP contribution < -0.4 is 16.0 Å². The van der Waals surface area contributed by atoms with Crippen molar-refractivity contribution in [3.8, 4) is 0 Å². The van der Waals surface area contributed by atoms with Crippen LogP contribution in [0.1, 0.15) is 17.5 Å². The van der Waals surface area contributed by atoms with Crippen molar-refractivity contribution >= 4 is 35.2 Å². The molecule has 1 saturated heterocycles. The minimum atomic E-state index is 0.433. The van der Waals surface area contributed by atoms with Crippen LogP contribution in [0, 0.1) is 12.3 Å². The highest BCUT2D eigenvalue weighted by Crippen LogP contribution is 2.22. The standard InChI is InChI=1S/C24H30N8O/c1-18-4-2-5-20(14-18)29-23-27-17-28-24(31-23)30-21-6-7-22(19(15-21)16-25)26-8-3-9-32-10-12-33-13-11-32/h2,4-7,14-17,25-26H,3,8-13H2,1H3,(H2,27,28,29,30,31). The maximum Gasteiger partial charge on any atom is 0.232 e. The molecule has 0 bridgehead atoms. The number of nitrogens with zero attached hydrogens (tertiary/aromatic N) is 4. The predicted molar refractivity (Wildman–Crippen MR) is 132 cm³/mol. The topological polar surface area (TPSA) is 111 Å². The Labute approximate surface area is 194 Å². The molecule has 0 saturated carbocycles. The normalized spacial score (nSPS) is 14.0. The predicted octanol–water partition coefficient (Wildman–Crippen LogP) is 3.80. The lowest BCUT2D eigenvalue weighted by atomic mass is 10.1. The second-order valence-electron chi connectivity index (χ2n) is 7.93. The molecule has 0 atom stereocenters. The average molecular weight is 447 g/mol. The molecule has 3 aromatic rings. The summed E-state index contributed by atoms with van der Waals surface area (Å²) in [5, 5.41) is 17.7. The molecule has 4 rings (SSSR count). The highest BCUT2D eigenvalue weighted by Gasteiger charge is 2.10. The molecule has 1 fully saturated rings. The van der Waals surface area contributed by atoms with E-state index in [0.717, 1.165) is 74.0 Å². The molecule has 0 unspecified atom stereocenters. The summed E-state index contributed by atoms with van der Waals surface area (Å²) < 4.78 is 5.39. The van der Waals surface area contributed by atoms with Gasteiger partial charge in [-0.3, -0.25) is 4.90 Å². The summed E-state index contributed by atoms with van der Waals surface area (Å²) in [5.41, 5.74) is 4.62. The van der Waals surface area contributed by atoms with Gasteiger partial charge in [0.15, 0.2) is 0 Å². The molecule has 0 amide bonds. The minimum absolute atomic E-state index is 0.433. The molecule has 0 radical (unpaired) electrons. The van der Waals surface area contributed by atoms with E-state index in [4.69, 9.17) is 10.1 Å². The Balaban J connectivity index is 1.34. The van der Waals surface area contributed by atoms with Crippen LogP contribution in [0.2, 0.25) is 0 Å². The maximum atomic E-state index is 7.81. The number of benzene rings is 2. The van der Waals surface area contributed by atoms with E-state index in [0.29, 0.717) is 11.9 Å². The number of nitrogens with one attached hydrogen (secondary N) is 4. The number of aryl methyl sites for hydroxylation is 1. The third-order valence-corrected chi connectivity index (χ3v) is 5.38. The first-order valence-electron chi connectivity index (χ1n) is 11.2. The van der Waals surface area contributed by atoms with Crippen LogP contribution in [0.5, 0.6) is 0 Å². The van der Waals surface area contributed by atoms with E-state index in [1.165, 1.54) is 12.5 Å². The summed E-state index contributed by atoms with van der Waals surface area (Å²) in [5.74, 6) is 0.895. The number of rotatable bonds is 10. The van der Waals surface area contributed by atoms with Crippen LogP contribution >= 0.6 is 0 Å². The number of anilines is 5. The molecule has 9 heteroatoms. The highest BCUT2D eigenvalue weighted by molar-refractivity contribution is 5.88. The van der Waals surface area contributed by atoms with Gasteiger partial charge in [-0.25, -0.2) is 9.97 Å². The first-order valence-corrected chi connectivity index (χ1v) is 11.2. The van der Waals surface area contributed by atoms with Crippen LogP contribution in [0.15, 0.2) is 48.8 Å². The number of hydrogen-bond acceptors (Lipinski definition) is 9. The summed E-state index contributed by atoms with van der Waals surface area (Å²) >= 11 is 0. The van der Waals surface area contributed by atoms with Crippen LogP contribution in [-0.2, 0) is 4.74 Å². The zero-order valence-corrected chi connectivity index (χ0v) is 18.8. The number of morpholine rings is 1. The van der Waals surface area contributed by atoms with Gasteiger partial charge in [0.05, 0.1) is 13.2 Å². The van der Waals surface area contributed by atoms with Gasteiger partial charge in [-0.05, 0) is 55.8 Å². The van der Waals surface area contributed by atoms with Crippen LogP contribution in [0.3, 0.4) is 0 Å². The van der Waals surface area contributed by atoms with Crippen molar-refractivity contribution < 1.29 is 4.74 Å². The summed E-state index contributed by atoms with van der Waals surface area (Å²) in [6.07, 6.45) is 3.86. The second-order valence-corrected chi connectivity index (χ2v) is 7.93. The van der Waals surface area contributed by atoms with Crippen LogP contribution in [0.4, 0.5) is 29.0 Å². The highest BCUT2D eigenvalue weighted by atomic mass is 16.5. The monoisotopic (exact) mass is 446 g/mol. The molecule has 0 spiro atoms. The third kappa shape index (κ3) is 6.71. The number of ether oxygens (including phenoxy) is 1. The Morgan fingerprint density at radius 2 is 1.79 bits per heavy atom. The van der Waals surface area contributed by atoms with Crippen molar-refractivity contribution in [2.75, 3.05) is 55.3 Å². The molecule has 1 aliphatic heterocycles. The minimum Gasteiger partial charge on any atom is -0.384 e. The lowest BCUT2D eigenvalue weighted by molar-refractivity contribution is 0.0378. The maximum absolute atomic E-state index is 7.81. The fourth-order valence-electron chi connectivity index (χ4n) is 3.67. The Bertz CT molecular complexity index is 1070. The van der Waals surface area contributed by atoms with Gasteiger partial charge in [0.2, 0.25) is 11.9 Å². The fraction of sp³-hybridized carbons (Fsp3) is 0.333. The number of hydrogen-bond donors (Lipinski definition) is 4. The Hall–Kier alpha value is -3.56. The van der Waals surface area contributed by atoms with Crippen LogP contribution in [-0.4, -0.2) is 65.5 Å². The van der Waals surface area contributed by atoms with E-state index in [2.05, 4.69) is 35.8 Å². The SMILES string of the molecule is Cc1cccc(Nc2ncnc(Nc3ccc(NCCCN4CCOCC4)c(C=N)c3)n2)c1. The first-order chi connectivity index (χ1) is 16.2. The quantitative estimate of drug-likeness (QED) is 0.275. The lowest BCUT2D eigenvalue weighted by Gasteiger charge is -2.26. The van der Waals surface area contributed by atoms with E-state index in [-0.39, 0.29) is 0 Å². The zero-order chi connectivity index (χ0) is 22.9. The summed E-state index contributed by atoms with van der Waals surface area (Å²) in [7, 11) is 0. The molecular formula is C24H30N8O. The molecule has 9 nitrogen and oxygen atoms in total. The Morgan fingerprint density at radius 1 is 1.03 bits per heavy atom. The van der Waals surface area contributed by atoms with Gasteiger partial charge < -0.3 is 26.1 Å². The van der Waals surface area contributed by atoms with E-state index >= 15 is 0 Å². The van der Waals surface area contributed by atoms with Gasteiger partial charge in [0.1, 0.15) is 6.33 Å². The largest absolute Gasteiger partial charge is 0.384 e. The molecule has 1 aliphatic rings. The van der Waals surface area contributed by atoms with Crippen molar-refractivity contribution in [1.82, 2.24) is 19.9 Å². The van der Waals surface area contributed by atoms with E-state index in [1.54, 1.807) is 0 Å². The van der Waals surface area contributed by atoms with Crippen molar-refractivity contribution in [1.29, 1.82) is 5.41 Å². The Morgan fingerprint density at radius 3 is 2.52 bits per heavy atom. The zero-order valence-electron chi connectivity index (χ0n) is 18.8. The van der Waals surface area contributed by atoms with Crippen molar-refractivity contribution in [3.63, 3.8) is 0 Å². The smallest absolute Gasteiger partial charge is 0.232 e. The lowest BCUT2D eigenvalue weighted by Crippen LogP contribution is -2.37. The molecule has 2 aromatic carbocycles. The van der Waals surface area contributed by atoms with Gasteiger partial charge in [0.25, 0.3) is 0 Å². The van der Waals surface area contributed by atoms with Crippen molar-refractivity contribution in [2.24, 2.45) is 0 Å². The molecule has 172 valence electrons. The molecule has 1 aromatic heterocycles. The molecule has 4 N–H and O–H groups in total.